The van der Waals surface area contributed by atoms with Crippen LogP contribution in [-0.2, 0) is 0 Å². The van der Waals surface area contributed by atoms with Crippen molar-refractivity contribution < 1.29 is 4.79 Å². The van der Waals surface area contributed by atoms with E-state index in [0.717, 1.165) is 10.0 Å². The molecule has 2 nitrogen and oxygen atoms in total. The van der Waals surface area contributed by atoms with E-state index in [1.807, 2.05) is 19.1 Å². The van der Waals surface area contributed by atoms with Crippen LogP contribution in [0.4, 0.5) is 0 Å². The van der Waals surface area contributed by atoms with Crippen LogP contribution in [0.2, 0.25) is 10.0 Å². The number of hydrogen-bond donors (Lipinski definition) is 1. The number of carbonyl (C=O) groups is 1. The van der Waals surface area contributed by atoms with Gasteiger partial charge in [-0.1, -0.05) is 35.3 Å². The van der Waals surface area contributed by atoms with Gasteiger partial charge in [0.2, 0.25) is 0 Å². The van der Waals surface area contributed by atoms with Gasteiger partial charge in [0.15, 0.2) is 0 Å². The molecule has 0 fully saturated rings. The van der Waals surface area contributed by atoms with Crippen LogP contribution in [0.3, 0.4) is 0 Å². The second kappa shape index (κ2) is 6.61. The van der Waals surface area contributed by atoms with Crippen molar-refractivity contribution in [2.24, 2.45) is 0 Å². The highest BCUT2D eigenvalue weighted by Gasteiger charge is 2.12. The highest BCUT2D eigenvalue weighted by atomic mass is 79.9. The number of benzene rings is 2. The molecule has 104 valence electrons. The minimum Gasteiger partial charge on any atom is -0.346 e. The maximum Gasteiger partial charge on any atom is 0.251 e. The third-order valence-electron chi connectivity index (χ3n) is 2.90. The highest BCUT2D eigenvalue weighted by Crippen LogP contribution is 2.23. The van der Waals surface area contributed by atoms with Crippen molar-refractivity contribution in [1.82, 2.24) is 5.32 Å². The Morgan fingerprint density at radius 3 is 2.40 bits per heavy atom. The van der Waals surface area contributed by atoms with E-state index in [-0.39, 0.29) is 11.9 Å². The molecule has 1 atom stereocenters. The minimum absolute atomic E-state index is 0.109. The topological polar surface area (TPSA) is 29.1 Å². The molecule has 2 aromatic rings. The van der Waals surface area contributed by atoms with E-state index in [4.69, 9.17) is 23.2 Å². The van der Waals surface area contributed by atoms with Crippen molar-refractivity contribution in [3.8, 4) is 0 Å². The van der Waals surface area contributed by atoms with Gasteiger partial charge >= 0.3 is 0 Å². The number of halogens is 3. The number of hydrogen-bond acceptors (Lipinski definition) is 1. The predicted molar refractivity (Wildman–Crippen MR) is 86.5 cm³/mol. The largest absolute Gasteiger partial charge is 0.346 e. The zero-order valence-corrected chi connectivity index (χ0v) is 13.8. The summed E-state index contributed by atoms with van der Waals surface area (Å²) in [4.78, 5) is 12.1. The zero-order chi connectivity index (χ0) is 14.7. The number of amides is 1. The summed E-state index contributed by atoms with van der Waals surface area (Å²) < 4.78 is 0.765. The van der Waals surface area contributed by atoms with Crippen LogP contribution in [-0.4, -0.2) is 5.91 Å². The van der Waals surface area contributed by atoms with E-state index in [1.165, 1.54) is 0 Å². The number of nitrogens with one attached hydrogen (secondary N) is 1. The summed E-state index contributed by atoms with van der Waals surface area (Å²) in [5, 5.41) is 4.11. The summed E-state index contributed by atoms with van der Waals surface area (Å²) in [5.41, 5.74) is 1.52. The summed E-state index contributed by atoms with van der Waals surface area (Å²) in [6, 6.07) is 12.4. The zero-order valence-electron chi connectivity index (χ0n) is 10.7. The van der Waals surface area contributed by atoms with Crippen molar-refractivity contribution >= 4 is 45.0 Å². The van der Waals surface area contributed by atoms with Crippen molar-refractivity contribution in [3.63, 3.8) is 0 Å². The van der Waals surface area contributed by atoms with Gasteiger partial charge in [-0.3, -0.25) is 4.79 Å². The fourth-order valence-electron chi connectivity index (χ4n) is 1.75. The molecule has 2 rings (SSSR count). The second-order valence-electron chi connectivity index (χ2n) is 4.38. The van der Waals surface area contributed by atoms with Crippen LogP contribution in [0.5, 0.6) is 0 Å². The average molecular weight is 373 g/mol. The molecule has 1 unspecified atom stereocenters. The van der Waals surface area contributed by atoms with Gasteiger partial charge in [-0.05, 0) is 58.7 Å². The molecular formula is C15H12BrCl2NO. The Labute approximate surface area is 136 Å². The normalized spacial score (nSPS) is 12.0. The molecule has 0 aliphatic rings. The van der Waals surface area contributed by atoms with Crippen LogP contribution in [0.1, 0.15) is 28.9 Å². The Morgan fingerprint density at radius 1 is 1.15 bits per heavy atom. The minimum atomic E-state index is -0.165. The summed E-state index contributed by atoms with van der Waals surface area (Å²) in [6.45, 7) is 1.92. The molecule has 0 aromatic heterocycles. The molecule has 0 spiro atoms. The van der Waals surface area contributed by atoms with E-state index < -0.39 is 0 Å². The summed E-state index contributed by atoms with van der Waals surface area (Å²) in [5.74, 6) is -0.165. The molecule has 20 heavy (non-hydrogen) atoms. The Morgan fingerprint density at radius 2 is 1.80 bits per heavy atom. The molecule has 1 N–H and O–H groups in total. The quantitative estimate of drug-likeness (QED) is 0.783. The summed E-state index contributed by atoms with van der Waals surface area (Å²) >= 11 is 15.1. The third-order valence-corrected chi connectivity index (χ3v) is 4.38. The van der Waals surface area contributed by atoms with Gasteiger partial charge in [0.05, 0.1) is 11.1 Å². The molecule has 0 saturated heterocycles. The van der Waals surface area contributed by atoms with Gasteiger partial charge in [0, 0.05) is 15.1 Å². The molecule has 0 heterocycles. The Kier molecular flexibility index (Phi) is 5.08. The first-order valence-electron chi connectivity index (χ1n) is 5.99. The van der Waals surface area contributed by atoms with Crippen molar-refractivity contribution in [2.45, 2.75) is 13.0 Å². The molecular weight excluding hydrogens is 361 g/mol. The lowest BCUT2D eigenvalue weighted by Gasteiger charge is -2.14. The average Bonchev–Trinajstić information content (AvgIpc) is 2.42. The van der Waals surface area contributed by atoms with Gasteiger partial charge < -0.3 is 5.32 Å². The fourth-order valence-corrected chi connectivity index (χ4v) is 2.31. The van der Waals surface area contributed by atoms with Gasteiger partial charge in [0.25, 0.3) is 5.91 Å². The van der Waals surface area contributed by atoms with Gasteiger partial charge in [-0.25, -0.2) is 0 Å². The van der Waals surface area contributed by atoms with Crippen LogP contribution < -0.4 is 5.32 Å². The molecule has 2 aromatic carbocycles. The Bertz CT molecular complexity index is 628. The smallest absolute Gasteiger partial charge is 0.251 e. The first-order valence-corrected chi connectivity index (χ1v) is 7.53. The fraction of sp³-hybridized carbons (Fsp3) is 0.133. The van der Waals surface area contributed by atoms with Crippen molar-refractivity contribution in [3.05, 3.63) is 68.1 Å². The maximum absolute atomic E-state index is 12.1. The monoisotopic (exact) mass is 371 g/mol. The van der Waals surface area contributed by atoms with Gasteiger partial charge in [-0.2, -0.15) is 0 Å². The predicted octanol–water partition coefficient (Wildman–Crippen LogP) is 5.25. The maximum atomic E-state index is 12.1. The van der Waals surface area contributed by atoms with E-state index >= 15 is 0 Å². The van der Waals surface area contributed by atoms with Gasteiger partial charge in [-0.15, -0.1) is 0 Å². The van der Waals surface area contributed by atoms with E-state index in [2.05, 4.69) is 21.2 Å². The molecule has 1 amide bonds. The lowest BCUT2D eigenvalue weighted by Crippen LogP contribution is -2.26. The lowest BCUT2D eigenvalue weighted by molar-refractivity contribution is 0.0940. The van der Waals surface area contributed by atoms with Crippen LogP contribution in [0, 0.1) is 0 Å². The number of carbonyl (C=O) groups excluding carboxylic acids is 1. The van der Waals surface area contributed by atoms with E-state index in [1.54, 1.807) is 30.3 Å². The first-order chi connectivity index (χ1) is 9.47. The van der Waals surface area contributed by atoms with E-state index in [9.17, 15) is 4.79 Å². The van der Waals surface area contributed by atoms with Gasteiger partial charge in [0.1, 0.15) is 0 Å². The molecule has 0 aliphatic carbocycles. The Balaban J connectivity index is 2.10. The molecule has 0 aliphatic heterocycles. The first kappa shape index (κ1) is 15.4. The van der Waals surface area contributed by atoms with Crippen molar-refractivity contribution in [2.75, 3.05) is 0 Å². The molecule has 0 radical (unpaired) electrons. The van der Waals surface area contributed by atoms with E-state index in [0.29, 0.717) is 15.6 Å². The molecule has 0 bridgehead atoms. The van der Waals surface area contributed by atoms with Crippen LogP contribution in [0.15, 0.2) is 46.9 Å². The molecule has 5 heteroatoms. The standard InChI is InChI=1S/C15H12BrCl2NO/c1-9(10-2-5-12(17)6-3-10)19-15(20)11-4-7-13(16)14(18)8-11/h2-9H,1H3,(H,19,20). The van der Waals surface area contributed by atoms with Crippen LogP contribution in [0.25, 0.3) is 0 Å². The summed E-state index contributed by atoms with van der Waals surface area (Å²) in [7, 11) is 0. The van der Waals surface area contributed by atoms with Crippen molar-refractivity contribution in [1.29, 1.82) is 0 Å². The summed E-state index contributed by atoms with van der Waals surface area (Å²) in [6.07, 6.45) is 0. The highest BCUT2D eigenvalue weighted by molar-refractivity contribution is 9.10. The molecule has 0 saturated carbocycles. The second-order valence-corrected chi connectivity index (χ2v) is 6.07. The lowest BCUT2D eigenvalue weighted by atomic mass is 10.1. The SMILES string of the molecule is CC(NC(=O)c1ccc(Br)c(Cl)c1)c1ccc(Cl)cc1. The van der Waals surface area contributed by atoms with Crippen LogP contribution >= 0.6 is 39.1 Å². The third kappa shape index (κ3) is 3.75. The Hall–Kier alpha value is -1.03. The number of rotatable bonds is 3.